The van der Waals surface area contributed by atoms with Crippen LogP contribution in [0.2, 0.25) is 0 Å². The summed E-state index contributed by atoms with van der Waals surface area (Å²) in [6.07, 6.45) is 6.62. The minimum Gasteiger partial charge on any atom is -0.383 e. The number of halogens is 1. The number of aromatic nitrogens is 2. The van der Waals surface area contributed by atoms with Gasteiger partial charge in [-0.25, -0.2) is 9.97 Å². The van der Waals surface area contributed by atoms with Crippen LogP contribution in [0.15, 0.2) is 4.47 Å². The van der Waals surface area contributed by atoms with Crippen LogP contribution in [-0.4, -0.2) is 24.2 Å². The van der Waals surface area contributed by atoms with Crippen LogP contribution in [0.1, 0.15) is 50.0 Å². The second kappa shape index (κ2) is 6.83. The van der Waals surface area contributed by atoms with Gasteiger partial charge in [0.25, 0.3) is 0 Å². The van der Waals surface area contributed by atoms with Gasteiger partial charge in [0, 0.05) is 14.2 Å². The minimum absolute atomic E-state index is 0.403. The topological polar surface area (TPSA) is 70.3 Å². The van der Waals surface area contributed by atoms with Crippen LogP contribution in [0.3, 0.4) is 0 Å². The third-order valence-corrected chi connectivity index (χ3v) is 4.80. The molecule has 112 valence electrons. The maximum absolute atomic E-state index is 6.00. The largest absolute Gasteiger partial charge is 0.383 e. The van der Waals surface area contributed by atoms with Crippen molar-refractivity contribution in [3.63, 3.8) is 0 Å². The first kappa shape index (κ1) is 15.7. The zero-order valence-corrected chi connectivity index (χ0v) is 13.7. The van der Waals surface area contributed by atoms with E-state index in [-0.39, 0.29) is 0 Å². The molecule has 2 rings (SSSR count). The Hall–Kier alpha value is -0.720. The Bertz CT molecular complexity index is 460. The molecular weight excluding hydrogens is 322 g/mol. The van der Waals surface area contributed by atoms with Crippen molar-refractivity contribution in [1.29, 1.82) is 0 Å². The van der Waals surface area contributed by atoms with E-state index < -0.39 is 5.60 Å². The lowest BCUT2D eigenvalue weighted by molar-refractivity contribution is -0.0354. The smallest absolute Gasteiger partial charge is 0.163 e. The fourth-order valence-electron chi connectivity index (χ4n) is 2.77. The lowest BCUT2D eigenvalue weighted by atomic mass is 9.93. The van der Waals surface area contributed by atoms with Crippen molar-refractivity contribution in [2.24, 2.45) is 0 Å². The second-order valence-corrected chi connectivity index (χ2v) is 6.03. The second-order valence-electron chi connectivity index (χ2n) is 5.24. The molecule has 1 fully saturated rings. The number of nitrogens with zero attached hydrogens (tertiary/aromatic N) is 2. The molecule has 0 aromatic carbocycles. The molecular formula is C14H22BrN3O2. The average Bonchev–Trinajstić information content (AvgIpc) is 2.70. The molecule has 1 aliphatic rings. The number of ether oxygens (including phenoxy) is 2. The molecule has 6 heteroatoms. The molecule has 2 N–H and O–H groups in total. The van der Waals surface area contributed by atoms with E-state index in [0.29, 0.717) is 22.7 Å². The van der Waals surface area contributed by atoms with Gasteiger partial charge in [-0.05, 0) is 28.8 Å². The molecule has 0 saturated heterocycles. The zero-order valence-electron chi connectivity index (χ0n) is 12.1. The first-order valence-corrected chi connectivity index (χ1v) is 7.79. The van der Waals surface area contributed by atoms with Crippen molar-refractivity contribution >= 4 is 21.7 Å². The van der Waals surface area contributed by atoms with Crippen LogP contribution in [0.5, 0.6) is 0 Å². The van der Waals surface area contributed by atoms with Crippen LogP contribution in [0.4, 0.5) is 5.82 Å². The highest BCUT2D eigenvalue weighted by Gasteiger charge is 2.36. The highest BCUT2D eigenvalue weighted by atomic mass is 79.9. The van der Waals surface area contributed by atoms with Gasteiger partial charge < -0.3 is 15.2 Å². The van der Waals surface area contributed by atoms with Gasteiger partial charge in [0.1, 0.15) is 11.4 Å². The van der Waals surface area contributed by atoms with E-state index in [1.54, 1.807) is 14.2 Å². The summed E-state index contributed by atoms with van der Waals surface area (Å²) >= 11 is 3.42. The van der Waals surface area contributed by atoms with Gasteiger partial charge in [0.15, 0.2) is 5.82 Å². The Labute approximate surface area is 128 Å². The summed E-state index contributed by atoms with van der Waals surface area (Å²) in [5, 5.41) is 0. The van der Waals surface area contributed by atoms with Crippen LogP contribution >= 0.6 is 15.9 Å². The van der Waals surface area contributed by atoms with E-state index in [4.69, 9.17) is 15.2 Å². The molecule has 0 atom stereocenters. The molecule has 20 heavy (non-hydrogen) atoms. The predicted octanol–water partition coefficient (Wildman–Crippen LogP) is 3.16. The third-order valence-electron chi connectivity index (χ3n) is 3.94. The number of hydrogen-bond donors (Lipinski definition) is 1. The van der Waals surface area contributed by atoms with Crippen molar-refractivity contribution in [1.82, 2.24) is 9.97 Å². The Morgan fingerprint density at radius 3 is 2.35 bits per heavy atom. The number of hydrogen-bond acceptors (Lipinski definition) is 5. The number of nitrogens with two attached hydrogens (primary N) is 1. The van der Waals surface area contributed by atoms with E-state index in [0.717, 1.165) is 31.4 Å². The summed E-state index contributed by atoms with van der Waals surface area (Å²) in [5.74, 6) is 1.14. The molecule has 1 aliphatic carbocycles. The van der Waals surface area contributed by atoms with Crippen molar-refractivity contribution in [2.75, 3.05) is 20.0 Å². The van der Waals surface area contributed by atoms with E-state index in [1.807, 2.05) is 0 Å². The molecule has 0 aliphatic heterocycles. The number of rotatable bonds is 4. The summed E-state index contributed by atoms with van der Waals surface area (Å²) in [6, 6.07) is 0. The number of nitrogen functional groups attached to an aromatic ring is 1. The summed E-state index contributed by atoms with van der Waals surface area (Å²) in [4.78, 5) is 9.11. The summed E-state index contributed by atoms with van der Waals surface area (Å²) < 4.78 is 11.7. The van der Waals surface area contributed by atoms with Gasteiger partial charge in [0.05, 0.1) is 16.8 Å². The SMILES string of the molecule is COCc1nc(C2(OC)CCCCCC2)nc(N)c1Br. The first-order chi connectivity index (χ1) is 9.63. The fourth-order valence-corrected chi connectivity index (χ4v) is 3.06. The van der Waals surface area contributed by atoms with Gasteiger partial charge >= 0.3 is 0 Å². The average molecular weight is 344 g/mol. The Kier molecular flexibility index (Phi) is 5.35. The molecule has 1 saturated carbocycles. The minimum atomic E-state index is -0.409. The van der Waals surface area contributed by atoms with Crippen LogP contribution in [0.25, 0.3) is 0 Å². The van der Waals surface area contributed by atoms with Gasteiger partial charge in [-0.3, -0.25) is 0 Å². The molecule has 0 unspecified atom stereocenters. The van der Waals surface area contributed by atoms with Gasteiger partial charge in [-0.15, -0.1) is 0 Å². The molecule has 1 heterocycles. The van der Waals surface area contributed by atoms with E-state index in [2.05, 4.69) is 25.9 Å². The molecule has 1 aromatic heterocycles. The summed E-state index contributed by atoms with van der Waals surface area (Å²) in [6.45, 7) is 0.403. The van der Waals surface area contributed by atoms with E-state index in [1.165, 1.54) is 12.8 Å². The Morgan fingerprint density at radius 1 is 1.15 bits per heavy atom. The van der Waals surface area contributed by atoms with Gasteiger partial charge in [-0.1, -0.05) is 25.7 Å². The molecule has 0 amide bonds. The quantitative estimate of drug-likeness (QED) is 0.850. The Morgan fingerprint density at radius 2 is 1.80 bits per heavy atom. The maximum atomic E-state index is 6.00. The van der Waals surface area contributed by atoms with Gasteiger partial charge in [0.2, 0.25) is 0 Å². The van der Waals surface area contributed by atoms with Crippen molar-refractivity contribution in [3.05, 3.63) is 16.0 Å². The van der Waals surface area contributed by atoms with Crippen molar-refractivity contribution in [3.8, 4) is 0 Å². The fraction of sp³-hybridized carbons (Fsp3) is 0.714. The monoisotopic (exact) mass is 343 g/mol. The normalized spacial score (nSPS) is 18.8. The molecule has 0 radical (unpaired) electrons. The molecule has 1 aromatic rings. The molecule has 0 spiro atoms. The highest BCUT2D eigenvalue weighted by molar-refractivity contribution is 9.10. The summed E-state index contributed by atoms with van der Waals surface area (Å²) in [7, 11) is 3.38. The lowest BCUT2D eigenvalue weighted by Gasteiger charge is -2.30. The van der Waals surface area contributed by atoms with E-state index >= 15 is 0 Å². The molecule has 5 nitrogen and oxygen atoms in total. The zero-order chi connectivity index (χ0) is 14.6. The van der Waals surface area contributed by atoms with Crippen LogP contribution in [-0.2, 0) is 21.7 Å². The lowest BCUT2D eigenvalue weighted by Crippen LogP contribution is -2.31. The summed E-state index contributed by atoms with van der Waals surface area (Å²) in [5.41, 5.74) is 6.37. The van der Waals surface area contributed by atoms with Gasteiger partial charge in [-0.2, -0.15) is 0 Å². The van der Waals surface area contributed by atoms with Crippen molar-refractivity contribution in [2.45, 2.75) is 50.7 Å². The Balaban J connectivity index is 2.43. The highest BCUT2D eigenvalue weighted by Crippen LogP contribution is 2.38. The van der Waals surface area contributed by atoms with Crippen LogP contribution < -0.4 is 5.73 Å². The van der Waals surface area contributed by atoms with E-state index in [9.17, 15) is 0 Å². The first-order valence-electron chi connectivity index (χ1n) is 6.99. The number of anilines is 1. The molecule has 0 bridgehead atoms. The predicted molar refractivity (Wildman–Crippen MR) is 81.2 cm³/mol. The van der Waals surface area contributed by atoms with Crippen LogP contribution in [0, 0.1) is 0 Å². The number of methoxy groups -OCH3 is 2. The third kappa shape index (κ3) is 3.13. The maximum Gasteiger partial charge on any atom is 0.163 e. The van der Waals surface area contributed by atoms with Crippen molar-refractivity contribution < 1.29 is 9.47 Å². The standard InChI is InChI=1S/C14H22BrN3O2/c1-19-9-10-11(15)12(16)18-13(17-10)14(20-2)7-5-3-4-6-8-14/h3-9H2,1-2H3,(H2,16,17,18).